The van der Waals surface area contributed by atoms with Crippen molar-refractivity contribution in [1.29, 1.82) is 0 Å². The van der Waals surface area contributed by atoms with Crippen LogP contribution in [0.1, 0.15) is 45.4 Å². The van der Waals surface area contributed by atoms with Crippen molar-refractivity contribution in [1.82, 2.24) is 5.32 Å². The lowest BCUT2D eigenvalue weighted by Gasteiger charge is -2.24. The second-order valence-corrected chi connectivity index (χ2v) is 5.89. The van der Waals surface area contributed by atoms with Gasteiger partial charge in [0.15, 0.2) is 0 Å². The van der Waals surface area contributed by atoms with E-state index in [9.17, 15) is 0 Å². The first-order valence-corrected chi connectivity index (χ1v) is 7.45. The van der Waals surface area contributed by atoms with E-state index in [1.165, 1.54) is 44.1 Å². The Bertz CT molecular complexity index is 287. The maximum atomic E-state index is 5.54. The van der Waals surface area contributed by atoms with E-state index >= 15 is 0 Å². The average Bonchev–Trinajstić information content (AvgIpc) is 3.11. The first-order chi connectivity index (χ1) is 8.42. The quantitative estimate of drug-likeness (QED) is 0.808. The molecule has 2 nitrogen and oxygen atoms in total. The van der Waals surface area contributed by atoms with Gasteiger partial charge < -0.3 is 10.1 Å². The fourth-order valence-electron chi connectivity index (χ4n) is 4.09. The molecule has 1 aliphatic heterocycles. The van der Waals surface area contributed by atoms with Gasteiger partial charge in [-0.25, -0.2) is 0 Å². The van der Waals surface area contributed by atoms with Gasteiger partial charge in [-0.1, -0.05) is 19.8 Å². The molecule has 3 atom stereocenters. The molecule has 0 radical (unpaired) electrons. The van der Waals surface area contributed by atoms with Crippen molar-refractivity contribution in [2.24, 2.45) is 17.8 Å². The van der Waals surface area contributed by atoms with Gasteiger partial charge in [0, 0.05) is 6.04 Å². The van der Waals surface area contributed by atoms with Crippen LogP contribution in [-0.2, 0) is 4.74 Å². The van der Waals surface area contributed by atoms with Crippen LogP contribution in [-0.4, -0.2) is 19.2 Å². The molecule has 0 aromatic carbocycles. The van der Waals surface area contributed by atoms with Gasteiger partial charge in [-0.3, -0.25) is 0 Å². The summed E-state index contributed by atoms with van der Waals surface area (Å²) in [6, 6.07) is 0.619. The van der Waals surface area contributed by atoms with Crippen molar-refractivity contribution < 1.29 is 4.74 Å². The standard InChI is InChI=1S/C15H25NO/c1-2-16-15(11-6-5-9-17-10-11)14-12-7-3-4-8-13(12)14/h10,12-16H,2-9H2,1H3. The zero-order valence-corrected chi connectivity index (χ0v) is 11.0. The van der Waals surface area contributed by atoms with Crippen LogP contribution in [0, 0.1) is 17.8 Å². The number of nitrogens with one attached hydrogen (secondary N) is 1. The zero-order chi connectivity index (χ0) is 11.7. The molecule has 3 unspecified atom stereocenters. The molecule has 0 aromatic heterocycles. The first kappa shape index (κ1) is 11.6. The molecule has 1 heterocycles. The molecule has 2 heteroatoms. The predicted molar refractivity (Wildman–Crippen MR) is 69.7 cm³/mol. The number of ether oxygens (including phenoxy) is 1. The van der Waals surface area contributed by atoms with Gasteiger partial charge in [0.05, 0.1) is 12.9 Å². The van der Waals surface area contributed by atoms with Crippen molar-refractivity contribution in [3.8, 4) is 0 Å². The van der Waals surface area contributed by atoms with Crippen molar-refractivity contribution in [3.63, 3.8) is 0 Å². The molecule has 0 spiro atoms. The van der Waals surface area contributed by atoms with Crippen LogP contribution < -0.4 is 5.32 Å². The SMILES string of the molecule is CCNC(C1=COCCC1)C1C2CCCCC21. The molecule has 0 bridgehead atoms. The summed E-state index contributed by atoms with van der Waals surface area (Å²) in [6.07, 6.45) is 10.4. The van der Waals surface area contributed by atoms with Crippen LogP contribution >= 0.6 is 0 Å². The van der Waals surface area contributed by atoms with E-state index in [1.807, 2.05) is 0 Å². The average molecular weight is 235 g/mol. The Balaban J connectivity index is 1.69. The first-order valence-electron chi connectivity index (χ1n) is 7.45. The topological polar surface area (TPSA) is 21.3 Å². The minimum Gasteiger partial charge on any atom is -0.501 e. The molecule has 0 saturated heterocycles. The smallest absolute Gasteiger partial charge is 0.0876 e. The van der Waals surface area contributed by atoms with E-state index in [0.29, 0.717) is 6.04 Å². The van der Waals surface area contributed by atoms with Crippen molar-refractivity contribution in [3.05, 3.63) is 11.8 Å². The van der Waals surface area contributed by atoms with E-state index in [0.717, 1.165) is 30.9 Å². The van der Waals surface area contributed by atoms with Gasteiger partial charge in [-0.2, -0.15) is 0 Å². The molecule has 2 saturated carbocycles. The maximum Gasteiger partial charge on any atom is 0.0876 e. The van der Waals surface area contributed by atoms with Crippen LogP contribution in [0.15, 0.2) is 11.8 Å². The Labute approximate surface area is 105 Å². The molecule has 3 rings (SSSR count). The fourth-order valence-corrected chi connectivity index (χ4v) is 4.09. The van der Waals surface area contributed by atoms with Gasteiger partial charge in [0.25, 0.3) is 0 Å². The highest BCUT2D eigenvalue weighted by Crippen LogP contribution is 2.58. The van der Waals surface area contributed by atoms with E-state index < -0.39 is 0 Å². The molecule has 96 valence electrons. The third-order valence-electron chi connectivity index (χ3n) is 4.89. The summed E-state index contributed by atoms with van der Waals surface area (Å²) in [5.74, 6) is 2.97. The largest absolute Gasteiger partial charge is 0.501 e. The van der Waals surface area contributed by atoms with E-state index in [4.69, 9.17) is 4.74 Å². The lowest BCUT2D eigenvalue weighted by molar-refractivity contribution is 0.217. The van der Waals surface area contributed by atoms with Crippen LogP contribution in [0.25, 0.3) is 0 Å². The Morgan fingerprint density at radius 3 is 2.65 bits per heavy atom. The van der Waals surface area contributed by atoms with Crippen LogP contribution in [0.2, 0.25) is 0 Å². The van der Waals surface area contributed by atoms with E-state index in [2.05, 4.69) is 18.5 Å². The summed E-state index contributed by atoms with van der Waals surface area (Å²) in [4.78, 5) is 0. The zero-order valence-electron chi connectivity index (χ0n) is 11.0. The van der Waals surface area contributed by atoms with Gasteiger partial charge >= 0.3 is 0 Å². The molecular weight excluding hydrogens is 210 g/mol. The summed E-state index contributed by atoms with van der Waals surface area (Å²) in [6.45, 7) is 4.22. The predicted octanol–water partition coefficient (Wildman–Crippen LogP) is 3.10. The van der Waals surface area contributed by atoms with Crippen molar-refractivity contribution in [2.75, 3.05) is 13.2 Å². The van der Waals surface area contributed by atoms with Crippen LogP contribution in [0.3, 0.4) is 0 Å². The normalized spacial score (nSPS) is 37.7. The van der Waals surface area contributed by atoms with Gasteiger partial charge in [-0.15, -0.1) is 0 Å². The number of hydrogen-bond acceptors (Lipinski definition) is 2. The highest BCUT2D eigenvalue weighted by molar-refractivity contribution is 5.19. The second kappa shape index (κ2) is 5.01. The number of hydrogen-bond donors (Lipinski definition) is 1. The summed E-state index contributed by atoms with van der Waals surface area (Å²) in [7, 11) is 0. The number of fused-ring (bicyclic) bond motifs is 1. The second-order valence-electron chi connectivity index (χ2n) is 5.89. The van der Waals surface area contributed by atoms with Crippen LogP contribution in [0.5, 0.6) is 0 Å². The van der Waals surface area contributed by atoms with E-state index in [1.54, 1.807) is 0 Å². The van der Waals surface area contributed by atoms with Gasteiger partial charge in [-0.05, 0) is 55.6 Å². The summed E-state index contributed by atoms with van der Waals surface area (Å²) in [5.41, 5.74) is 1.54. The molecule has 0 amide bonds. The minimum atomic E-state index is 0.619. The molecular formula is C15H25NO. The molecule has 2 fully saturated rings. The van der Waals surface area contributed by atoms with Gasteiger partial charge in [0.2, 0.25) is 0 Å². The highest BCUT2D eigenvalue weighted by Gasteiger charge is 2.54. The molecule has 0 aromatic rings. The number of likely N-dealkylation sites (N-methyl/N-ethyl adjacent to an activating group) is 1. The molecule has 17 heavy (non-hydrogen) atoms. The lowest BCUT2D eigenvalue weighted by atomic mass is 9.96. The fraction of sp³-hybridized carbons (Fsp3) is 0.867. The summed E-state index contributed by atoms with van der Waals surface area (Å²) >= 11 is 0. The Kier molecular flexibility index (Phi) is 3.41. The summed E-state index contributed by atoms with van der Waals surface area (Å²) in [5, 5.41) is 3.72. The minimum absolute atomic E-state index is 0.619. The van der Waals surface area contributed by atoms with E-state index in [-0.39, 0.29) is 0 Å². The highest BCUT2D eigenvalue weighted by atomic mass is 16.5. The Morgan fingerprint density at radius 2 is 2.06 bits per heavy atom. The monoisotopic (exact) mass is 235 g/mol. The molecule has 1 N–H and O–H groups in total. The third kappa shape index (κ3) is 2.24. The third-order valence-corrected chi connectivity index (χ3v) is 4.89. The Hall–Kier alpha value is -0.500. The molecule has 3 aliphatic rings. The lowest BCUT2D eigenvalue weighted by Crippen LogP contribution is -2.35. The van der Waals surface area contributed by atoms with Gasteiger partial charge in [0.1, 0.15) is 0 Å². The van der Waals surface area contributed by atoms with Crippen LogP contribution in [0.4, 0.5) is 0 Å². The number of rotatable bonds is 4. The summed E-state index contributed by atoms with van der Waals surface area (Å²) < 4.78 is 5.54. The maximum absolute atomic E-state index is 5.54. The Morgan fingerprint density at radius 1 is 1.29 bits per heavy atom. The molecule has 2 aliphatic carbocycles. The van der Waals surface area contributed by atoms with Crippen molar-refractivity contribution >= 4 is 0 Å². The van der Waals surface area contributed by atoms with Crippen molar-refractivity contribution in [2.45, 2.75) is 51.5 Å².